The summed E-state index contributed by atoms with van der Waals surface area (Å²) in [5.74, 6) is 0. The Morgan fingerprint density at radius 3 is 2.84 bits per heavy atom. The van der Waals surface area contributed by atoms with E-state index in [0.29, 0.717) is 21.7 Å². The van der Waals surface area contributed by atoms with Gasteiger partial charge in [-0.2, -0.15) is 4.31 Å². The van der Waals surface area contributed by atoms with Crippen LogP contribution in [0.25, 0.3) is 0 Å². The molecule has 1 aromatic heterocycles. The number of rotatable bonds is 7. The highest BCUT2D eigenvalue weighted by atomic mass is 35.5. The number of hydrogen-bond acceptors (Lipinski definition) is 4. The Morgan fingerprint density at radius 2 is 2.26 bits per heavy atom. The Hall–Kier alpha value is -0.140. The number of halogens is 1. The molecular formula is C12H18ClNO3S2. The summed E-state index contributed by atoms with van der Waals surface area (Å²) in [6.45, 7) is 3.15. The molecule has 0 saturated carbocycles. The summed E-state index contributed by atoms with van der Waals surface area (Å²) in [5.41, 5.74) is 0.933. The molecule has 19 heavy (non-hydrogen) atoms. The second-order valence-electron chi connectivity index (χ2n) is 4.71. The lowest BCUT2D eigenvalue weighted by Gasteiger charge is -2.14. The highest BCUT2D eigenvalue weighted by Crippen LogP contribution is 2.33. The lowest BCUT2D eigenvalue weighted by Crippen LogP contribution is -2.30. The summed E-state index contributed by atoms with van der Waals surface area (Å²) in [5, 5.41) is 0. The summed E-state index contributed by atoms with van der Waals surface area (Å²) in [6, 6.07) is 1.71. The molecule has 0 aliphatic carbocycles. The van der Waals surface area contributed by atoms with E-state index in [1.165, 1.54) is 4.31 Å². The maximum atomic E-state index is 12.4. The van der Waals surface area contributed by atoms with Crippen LogP contribution in [-0.4, -0.2) is 39.0 Å². The molecule has 2 heterocycles. The number of hydrogen-bond donors (Lipinski definition) is 0. The first-order chi connectivity index (χ1) is 8.95. The van der Waals surface area contributed by atoms with Gasteiger partial charge in [-0.1, -0.05) is 24.9 Å². The zero-order valence-corrected chi connectivity index (χ0v) is 13.4. The maximum absolute atomic E-state index is 12.4. The van der Waals surface area contributed by atoms with Gasteiger partial charge in [0.25, 0.3) is 10.0 Å². The van der Waals surface area contributed by atoms with E-state index in [-0.39, 0.29) is 6.10 Å². The van der Waals surface area contributed by atoms with Gasteiger partial charge in [0.1, 0.15) is 4.21 Å². The van der Waals surface area contributed by atoms with Crippen molar-refractivity contribution in [3.8, 4) is 0 Å². The van der Waals surface area contributed by atoms with Crippen LogP contribution >= 0.6 is 22.9 Å². The molecule has 1 saturated heterocycles. The van der Waals surface area contributed by atoms with Gasteiger partial charge in [-0.15, -0.1) is 11.3 Å². The molecule has 0 amide bonds. The fourth-order valence-electron chi connectivity index (χ4n) is 1.76. The van der Waals surface area contributed by atoms with Crippen molar-refractivity contribution in [1.82, 2.24) is 4.31 Å². The Morgan fingerprint density at radius 1 is 1.58 bits per heavy atom. The summed E-state index contributed by atoms with van der Waals surface area (Å²) < 4.78 is 32.0. The number of likely N-dealkylation sites (N-methyl/N-ethyl adjacent to an activating group) is 1. The average molecular weight is 324 g/mol. The first-order valence-corrected chi connectivity index (χ1v) is 8.94. The third-order valence-electron chi connectivity index (χ3n) is 3.06. The van der Waals surface area contributed by atoms with Crippen molar-refractivity contribution in [2.24, 2.45) is 0 Å². The molecule has 0 N–H and O–H groups in total. The van der Waals surface area contributed by atoms with Crippen molar-refractivity contribution >= 4 is 33.0 Å². The smallest absolute Gasteiger partial charge is 0.252 e. The minimum absolute atomic E-state index is 0.0507. The molecule has 1 fully saturated rings. The van der Waals surface area contributed by atoms with Crippen LogP contribution in [0.3, 0.4) is 0 Å². The predicted molar refractivity (Wildman–Crippen MR) is 77.5 cm³/mol. The molecule has 0 spiro atoms. The highest BCUT2D eigenvalue weighted by Gasteiger charge is 2.31. The normalized spacial score (nSPS) is 19.1. The van der Waals surface area contributed by atoms with E-state index in [9.17, 15) is 8.42 Å². The van der Waals surface area contributed by atoms with Crippen LogP contribution in [0.1, 0.15) is 25.3 Å². The van der Waals surface area contributed by atoms with Gasteiger partial charge in [0.2, 0.25) is 0 Å². The maximum Gasteiger partial charge on any atom is 0.252 e. The van der Waals surface area contributed by atoms with Gasteiger partial charge in [-0.25, -0.2) is 8.42 Å². The molecule has 1 aromatic rings. The first-order valence-electron chi connectivity index (χ1n) is 6.31. The molecule has 0 bridgehead atoms. The molecule has 1 atom stereocenters. The van der Waals surface area contributed by atoms with Crippen LogP contribution in [-0.2, 0) is 21.2 Å². The number of aryl methyl sites for hydroxylation is 1. The van der Waals surface area contributed by atoms with Gasteiger partial charge < -0.3 is 4.74 Å². The Balaban J connectivity index is 2.14. The lowest BCUT2D eigenvalue weighted by molar-refractivity contribution is 0.360. The second kappa shape index (κ2) is 6.10. The Kier molecular flexibility index (Phi) is 4.89. The van der Waals surface area contributed by atoms with Crippen molar-refractivity contribution in [1.29, 1.82) is 0 Å². The molecular weight excluding hydrogens is 306 g/mol. The number of epoxide rings is 1. The standard InChI is InChI=1S/C12H18ClNO3S2/c1-3-4-5-9-6-11(18-12(9)13)19(15,16)14(2)7-10-8-17-10/h6,10H,3-5,7-8H2,1-2H3/t10-/m0/s1. The van der Waals surface area contributed by atoms with E-state index >= 15 is 0 Å². The van der Waals surface area contributed by atoms with Crippen LogP contribution in [0, 0.1) is 0 Å². The number of unbranched alkanes of at least 4 members (excludes halogenated alkanes) is 1. The van der Waals surface area contributed by atoms with Gasteiger partial charge in [-0.05, 0) is 24.5 Å². The summed E-state index contributed by atoms with van der Waals surface area (Å²) in [7, 11) is -1.85. The molecule has 0 radical (unpaired) electrons. The first kappa shape index (κ1) is 15.3. The Labute approximate surface area is 123 Å². The molecule has 1 aliphatic rings. The molecule has 0 aromatic carbocycles. The zero-order valence-electron chi connectivity index (χ0n) is 11.1. The summed E-state index contributed by atoms with van der Waals surface area (Å²) in [6.07, 6.45) is 2.96. The van der Waals surface area contributed by atoms with Crippen molar-refractivity contribution in [2.45, 2.75) is 36.5 Å². The monoisotopic (exact) mass is 323 g/mol. The van der Waals surface area contributed by atoms with Crippen LogP contribution in [0.15, 0.2) is 10.3 Å². The third kappa shape index (κ3) is 3.70. The minimum atomic E-state index is -3.43. The number of nitrogens with zero attached hydrogens (tertiary/aromatic N) is 1. The van der Waals surface area contributed by atoms with Crippen LogP contribution in [0.4, 0.5) is 0 Å². The van der Waals surface area contributed by atoms with Crippen molar-refractivity contribution in [2.75, 3.05) is 20.2 Å². The number of thiophene rings is 1. The SMILES string of the molecule is CCCCc1cc(S(=O)(=O)N(C)C[C@H]2CO2)sc1Cl. The molecule has 7 heteroatoms. The molecule has 4 nitrogen and oxygen atoms in total. The largest absolute Gasteiger partial charge is 0.372 e. The number of ether oxygens (including phenoxy) is 1. The van der Waals surface area contributed by atoms with E-state index < -0.39 is 10.0 Å². The fraction of sp³-hybridized carbons (Fsp3) is 0.667. The lowest BCUT2D eigenvalue weighted by atomic mass is 10.2. The summed E-state index contributed by atoms with van der Waals surface area (Å²) >= 11 is 7.26. The van der Waals surface area contributed by atoms with Crippen molar-refractivity contribution in [3.05, 3.63) is 16.0 Å². The van der Waals surface area contributed by atoms with Crippen LogP contribution in [0.2, 0.25) is 4.34 Å². The topological polar surface area (TPSA) is 49.9 Å². The van der Waals surface area contributed by atoms with Gasteiger partial charge in [0, 0.05) is 13.6 Å². The fourth-order valence-corrected chi connectivity index (χ4v) is 4.98. The highest BCUT2D eigenvalue weighted by molar-refractivity contribution is 7.91. The zero-order chi connectivity index (χ0) is 14.0. The molecule has 1 aliphatic heterocycles. The summed E-state index contributed by atoms with van der Waals surface area (Å²) in [4.78, 5) is 0. The van der Waals surface area contributed by atoms with Crippen LogP contribution < -0.4 is 0 Å². The minimum Gasteiger partial charge on any atom is -0.372 e. The molecule has 0 unspecified atom stereocenters. The quantitative estimate of drug-likeness (QED) is 0.725. The van der Waals surface area contributed by atoms with Gasteiger partial charge in [0.15, 0.2) is 0 Å². The van der Waals surface area contributed by atoms with E-state index in [1.54, 1.807) is 13.1 Å². The molecule has 108 valence electrons. The number of sulfonamides is 1. The van der Waals surface area contributed by atoms with Crippen molar-refractivity contribution < 1.29 is 13.2 Å². The van der Waals surface area contributed by atoms with Crippen LogP contribution in [0.5, 0.6) is 0 Å². The molecule has 2 rings (SSSR count). The average Bonchev–Trinajstić information content (AvgIpc) is 3.08. The van der Waals surface area contributed by atoms with E-state index in [0.717, 1.165) is 36.2 Å². The van der Waals surface area contributed by atoms with Gasteiger partial charge >= 0.3 is 0 Å². The van der Waals surface area contributed by atoms with E-state index in [4.69, 9.17) is 16.3 Å². The van der Waals surface area contributed by atoms with Crippen molar-refractivity contribution in [3.63, 3.8) is 0 Å². The predicted octanol–water partition coefficient (Wildman–Crippen LogP) is 2.76. The third-order valence-corrected chi connectivity index (χ3v) is 6.77. The van der Waals surface area contributed by atoms with E-state index in [2.05, 4.69) is 6.92 Å². The van der Waals surface area contributed by atoms with E-state index in [1.807, 2.05) is 0 Å². The van der Waals surface area contributed by atoms with Gasteiger partial charge in [0.05, 0.1) is 17.0 Å². The Bertz CT molecular complexity index is 537. The van der Waals surface area contributed by atoms with Gasteiger partial charge in [-0.3, -0.25) is 0 Å². The second-order valence-corrected chi connectivity index (χ2v) is 8.63.